The molecule has 2 aromatic heterocycles. The van der Waals surface area contributed by atoms with E-state index in [1.807, 2.05) is 6.92 Å². The molecule has 2 aromatic rings. The number of aryl methyl sites for hydroxylation is 1. The first kappa shape index (κ1) is 10.7. The van der Waals surface area contributed by atoms with E-state index in [-0.39, 0.29) is 0 Å². The lowest BCUT2D eigenvalue weighted by molar-refractivity contribution is 0.195. The summed E-state index contributed by atoms with van der Waals surface area (Å²) in [4.78, 5) is 0. The Morgan fingerprint density at radius 2 is 2.41 bits per heavy atom. The van der Waals surface area contributed by atoms with Gasteiger partial charge in [-0.05, 0) is 13.3 Å². The molecule has 3 heterocycles. The van der Waals surface area contributed by atoms with Crippen LogP contribution < -0.4 is 5.32 Å². The van der Waals surface area contributed by atoms with Crippen LogP contribution in [0.2, 0.25) is 5.15 Å². The van der Waals surface area contributed by atoms with Gasteiger partial charge in [-0.1, -0.05) is 11.6 Å². The summed E-state index contributed by atoms with van der Waals surface area (Å²) in [5.74, 6) is 0.716. The van der Waals surface area contributed by atoms with Crippen LogP contribution in [0.15, 0.2) is 6.07 Å². The van der Waals surface area contributed by atoms with E-state index < -0.39 is 0 Å². The van der Waals surface area contributed by atoms with E-state index >= 15 is 0 Å². The van der Waals surface area contributed by atoms with E-state index in [1.165, 1.54) is 0 Å². The average molecular weight is 254 g/mol. The maximum Gasteiger partial charge on any atom is 0.201 e. The number of aromatic nitrogens is 4. The highest BCUT2D eigenvalue weighted by molar-refractivity contribution is 6.29. The molecular formula is C10H12ClN5O. The van der Waals surface area contributed by atoms with Gasteiger partial charge in [-0.3, -0.25) is 0 Å². The highest BCUT2D eigenvalue weighted by atomic mass is 35.5. The largest absolute Gasteiger partial charge is 0.379 e. The molecule has 1 atom stereocenters. The molecular weight excluding hydrogens is 242 g/mol. The molecule has 0 amide bonds. The van der Waals surface area contributed by atoms with E-state index in [0.717, 1.165) is 18.7 Å². The van der Waals surface area contributed by atoms with Crippen molar-refractivity contribution in [2.45, 2.75) is 19.4 Å². The van der Waals surface area contributed by atoms with Gasteiger partial charge in [0, 0.05) is 12.7 Å². The topological polar surface area (TPSA) is 64.3 Å². The van der Waals surface area contributed by atoms with Gasteiger partial charge in [-0.15, -0.1) is 10.2 Å². The molecule has 17 heavy (non-hydrogen) atoms. The second kappa shape index (κ2) is 4.12. The molecule has 0 aliphatic carbocycles. The van der Waals surface area contributed by atoms with Gasteiger partial charge in [-0.2, -0.15) is 9.61 Å². The maximum absolute atomic E-state index is 5.98. The summed E-state index contributed by atoms with van der Waals surface area (Å²) >= 11 is 5.98. The zero-order valence-corrected chi connectivity index (χ0v) is 10.1. The highest BCUT2D eigenvalue weighted by Gasteiger charge is 2.18. The maximum atomic E-state index is 5.98. The van der Waals surface area contributed by atoms with Gasteiger partial charge in [0.05, 0.1) is 18.3 Å². The van der Waals surface area contributed by atoms with Crippen molar-refractivity contribution in [1.29, 1.82) is 0 Å². The number of nitrogens with one attached hydrogen (secondary N) is 1. The number of halogens is 1. The Morgan fingerprint density at radius 1 is 1.53 bits per heavy atom. The fourth-order valence-electron chi connectivity index (χ4n) is 1.93. The summed E-state index contributed by atoms with van der Waals surface area (Å²) in [6, 6.07) is 2.07. The van der Waals surface area contributed by atoms with Crippen molar-refractivity contribution in [1.82, 2.24) is 19.8 Å². The van der Waals surface area contributed by atoms with Crippen LogP contribution in [0.4, 0.5) is 5.69 Å². The summed E-state index contributed by atoms with van der Waals surface area (Å²) in [7, 11) is 0. The molecule has 1 N–H and O–H groups in total. The van der Waals surface area contributed by atoms with Crippen molar-refractivity contribution in [2.75, 3.05) is 18.5 Å². The zero-order valence-electron chi connectivity index (χ0n) is 9.35. The van der Waals surface area contributed by atoms with Crippen molar-refractivity contribution in [3.63, 3.8) is 0 Å². The summed E-state index contributed by atoms with van der Waals surface area (Å²) in [6.45, 7) is 3.34. The van der Waals surface area contributed by atoms with Crippen LogP contribution in [-0.4, -0.2) is 39.1 Å². The molecule has 1 aliphatic rings. The van der Waals surface area contributed by atoms with E-state index in [9.17, 15) is 0 Å². The fraction of sp³-hybridized carbons (Fsp3) is 0.500. The van der Waals surface area contributed by atoms with Crippen molar-refractivity contribution in [3.8, 4) is 0 Å². The van der Waals surface area contributed by atoms with Crippen LogP contribution in [0, 0.1) is 6.92 Å². The molecule has 90 valence electrons. The number of hydrogen-bond donors (Lipinski definition) is 1. The first-order valence-electron chi connectivity index (χ1n) is 5.47. The second-order valence-electron chi connectivity index (χ2n) is 4.07. The normalized spacial score (nSPS) is 20.0. The second-order valence-corrected chi connectivity index (χ2v) is 4.46. The van der Waals surface area contributed by atoms with E-state index in [1.54, 1.807) is 10.6 Å². The predicted octanol–water partition coefficient (Wildman–Crippen LogP) is 1.29. The molecule has 6 nitrogen and oxygen atoms in total. The number of fused-ring (bicyclic) bond motifs is 1. The standard InChI is InChI=1S/C10H12ClN5O/c1-6-13-14-10-8(4-9(11)15-16(6)10)12-7-2-3-17-5-7/h4,7,12H,2-3,5H2,1H3/t7-/m1/s1. The molecule has 0 radical (unpaired) electrons. The molecule has 0 unspecified atom stereocenters. The summed E-state index contributed by atoms with van der Waals surface area (Å²) in [5.41, 5.74) is 1.54. The molecule has 1 aliphatic heterocycles. The average Bonchev–Trinajstić information content (AvgIpc) is 2.90. The quantitative estimate of drug-likeness (QED) is 0.874. The molecule has 0 aromatic carbocycles. The Morgan fingerprint density at radius 3 is 3.18 bits per heavy atom. The third-order valence-electron chi connectivity index (χ3n) is 2.79. The lowest BCUT2D eigenvalue weighted by atomic mass is 10.2. The third kappa shape index (κ3) is 1.94. The minimum atomic E-state index is 0.300. The van der Waals surface area contributed by atoms with Crippen LogP contribution in [0.1, 0.15) is 12.2 Å². The van der Waals surface area contributed by atoms with Crippen molar-refractivity contribution in [2.24, 2.45) is 0 Å². The van der Waals surface area contributed by atoms with Gasteiger partial charge in [0.15, 0.2) is 11.0 Å². The van der Waals surface area contributed by atoms with Gasteiger partial charge in [0.25, 0.3) is 0 Å². The van der Waals surface area contributed by atoms with Crippen LogP contribution in [-0.2, 0) is 4.74 Å². The molecule has 7 heteroatoms. The Labute approximate surface area is 103 Å². The van der Waals surface area contributed by atoms with Gasteiger partial charge in [0.2, 0.25) is 5.65 Å². The Hall–Kier alpha value is -1.40. The number of hydrogen-bond acceptors (Lipinski definition) is 5. The van der Waals surface area contributed by atoms with E-state index in [2.05, 4.69) is 20.6 Å². The summed E-state index contributed by atoms with van der Waals surface area (Å²) in [5, 5.41) is 16.0. The number of ether oxygens (including phenoxy) is 1. The SMILES string of the molecule is Cc1nnc2c(N[C@@H]3CCOC3)cc(Cl)nn12. The van der Waals surface area contributed by atoms with E-state index in [0.29, 0.717) is 29.3 Å². The minimum absolute atomic E-state index is 0.300. The van der Waals surface area contributed by atoms with E-state index in [4.69, 9.17) is 16.3 Å². The Bertz CT molecular complexity index is 549. The predicted molar refractivity (Wildman–Crippen MR) is 63.4 cm³/mol. The molecule has 0 saturated carbocycles. The first-order valence-corrected chi connectivity index (χ1v) is 5.84. The van der Waals surface area contributed by atoms with Crippen molar-refractivity contribution in [3.05, 3.63) is 17.0 Å². The number of anilines is 1. The third-order valence-corrected chi connectivity index (χ3v) is 2.97. The number of rotatable bonds is 2. The minimum Gasteiger partial charge on any atom is -0.379 e. The molecule has 1 fully saturated rings. The van der Waals surface area contributed by atoms with Crippen LogP contribution in [0.3, 0.4) is 0 Å². The smallest absolute Gasteiger partial charge is 0.201 e. The van der Waals surface area contributed by atoms with Gasteiger partial charge in [-0.25, -0.2) is 0 Å². The van der Waals surface area contributed by atoms with Crippen molar-refractivity contribution < 1.29 is 4.74 Å². The van der Waals surface area contributed by atoms with Gasteiger partial charge in [0.1, 0.15) is 0 Å². The molecule has 1 saturated heterocycles. The lowest BCUT2D eigenvalue weighted by Gasteiger charge is -2.12. The van der Waals surface area contributed by atoms with Crippen LogP contribution in [0.5, 0.6) is 0 Å². The summed E-state index contributed by atoms with van der Waals surface area (Å²) in [6.07, 6.45) is 0.985. The van der Waals surface area contributed by atoms with Crippen LogP contribution in [0.25, 0.3) is 5.65 Å². The molecule has 0 bridgehead atoms. The zero-order chi connectivity index (χ0) is 11.8. The first-order chi connectivity index (χ1) is 8.24. The molecule has 3 rings (SSSR count). The fourth-order valence-corrected chi connectivity index (χ4v) is 2.11. The van der Waals surface area contributed by atoms with Crippen molar-refractivity contribution >= 4 is 22.9 Å². The van der Waals surface area contributed by atoms with Gasteiger partial charge >= 0.3 is 0 Å². The Kier molecular flexibility index (Phi) is 2.60. The lowest BCUT2D eigenvalue weighted by Crippen LogP contribution is -2.19. The summed E-state index contributed by atoms with van der Waals surface area (Å²) < 4.78 is 6.96. The van der Waals surface area contributed by atoms with Crippen LogP contribution >= 0.6 is 11.6 Å². The highest BCUT2D eigenvalue weighted by Crippen LogP contribution is 2.21. The van der Waals surface area contributed by atoms with Gasteiger partial charge < -0.3 is 10.1 Å². The number of nitrogens with zero attached hydrogens (tertiary/aromatic N) is 4. The Balaban J connectivity index is 2.02. The monoisotopic (exact) mass is 253 g/mol. The molecule has 0 spiro atoms.